The molecule has 0 aromatic heterocycles. The SMILES string of the molecule is O=C(NCCOc1ccc(Oc2cccc(Cl)c2)cc1Cl)OCCCCl. The Kier molecular flexibility index (Phi) is 8.68. The van der Waals surface area contributed by atoms with Gasteiger partial charge in [-0.3, -0.25) is 0 Å². The summed E-state index contributed by atoms with van der Waals surface area (Å²) >= 11 is 17.6. The van der Waals surface area contributed by atoms with Crippen LogP contribution in [0.5, 0.6) is 17.2 Å². The fraction of sp³-hybridized carbons (Fsp3) is 0.278. The number of carbonyl (C=O) groups is 1. The highest BCUT2D eigenvalue weighted by atomic mass is 35.5. The molecule has 8 heteroatoms. The molecule has 0 aliphatic carbocycles. The number of carbonyl (C=O) groups excluding carboxylic acids is 1. The Morgan fingerprint density at radius 2 is 1.85 bits per heavy atom. The van der Waals surface area contributed by atoms with Gasteiger partial charge in [0.25, 0.3) is 0 Å². The summed E-state index contributed by atoms with van der Waals surface area (Å²) < 4.78 is 16.1. The Balaban J connectivity index is 1.77. The molecule has 0 spiro atoms. The van der Waals surface area contributed by atoms with Gasteiger partial charge < -0.3 is 19.5 Å². The van der Waals surface area contributed by atoms with Gasteiger partial charge in [0.05, 0.1) is 18.2 Å². The van der Waals surface area contributed by atoms with Crippen molar-refractivity contribution in [3.63, 3.8) is 0 Å². The maximum atomic E-state index is 11.4. The Bertz CT molecular complexity index is 727. The van der Waals surface area contributed by atoms with E-state index in [4.69, 9.17) is 49.0 Å². The molecule has 2 rings (SSSR count). The molecular weight excluding hydrogens is 401 g/mol. The van der Waals surface area contributed by atoms with E-state index >= 15 is 0 Å². The molecule has 0 saturated heterocycles. The van der Waals surface area contributed by atoms with Crippen molar-refractivity contribution in [2.45, 2.75) is 6.42 Å². The summed E-state index contributed by atoms with van der Waals surface area (Å²) in [4.78, 5) is 11.4. The van der Waals surface area contributed by atoms with Crippen LogP contribution in [0.2, 0.25) is 10.0 Å². The fourth-order valence-electron chi connectivity index (χ4n) is 1.91. The van der Waals surface area contributed by atoms with Gasteiger partial charge in [0, 0.05) is 17.0 Å². The molecule has 0 fully saturated rings. The van der Waals surface area contributed by atoms with Gasteiger partial charge in [0.1, 0.15) is 23.9 Å². The maximum absolute atomic E-state index is 11.4. The first-order valence-electron chi connectivity index (χ1n) is 7.91. The molecule has 1 N–H and O–H groups in total. The molecule has 0 saturated carbocycles. The average molecular weight is 419 g/mol. The van der Waals surface area contributed by atoms with Crippen LogP contribution < -0.4 is 14.8 Å². The van der Waals surface area contributed by atoms with Gasteiger partial charge in [-0.25, -0.2) is 4.79 Å². The number of rotatable bonds is 9. The summed E-state index contributed by atoms with van der Waals surface area (Å²) in [6.07, 6.45) is 0.111. The number of nitrogens with one attached hydrogen (secondary N) is 1. The predicted molar refractivity (Wildman–Crippen MR) is 103 cm³/mol. The molecule has 0 bridgehead atoms. The van der Waals surface area contributed by atoms with E-state index in [1.165, 1.54) is 0 Å². The number of hydrogen-bond donors (Lipinski definition) is 1. The molecular formula is C18H18Cl3NO4. The lowest BCUT2D eigenvalue weighted by Crippen LogP contribution is -2.29. The molecule has 140 valence electrons. The molecule has 26 heavy (non-hydrogen) atoms. The van der Waals surface area contributed by atoms with Crippen LogP contribution in [0.25, 0.3) is 0 Å². The third-order valence-corrected chi connectivity index (χ3v) is 3.87. The second-order valence-corrected chi connectivity index (χ2v) is 6.33. The highest BCUT2D eigenvalue weighted by molar-refractivity contribution is 6.32. The number of halogens is 3. The zero-order valence-corrected chi connectivity index (χ0v) is 16.1. The maximum Gasteiger partial charge on any atom is 0.407 e. The summed E-state index contributed by atoms with van der Waals surface area (Å²) in [6.45, 7) is 0.825. The van der Waals surface area contributed by atoms with E-state index in [1.807, 2.05) is 0 Å². The Labute approximate surface area is 167 Å². The minimum absolute atomic E-state index is 0.249. The van der Waals surface area contributed by atoms with Gasteiger partial charge in [0.2, 0.25) is 0 Å². The number of benzene rings is 2. The molecule has 0 heterocycles. The zero-order chi connectivity index (χ0) is 18.8. The summed E-state index contributed by atoms with van der Waals surface area (Å²) in [7, 11) is 0. The average Bonchev–Trinajstić information content (AvgIpc) is 2.60. The smallest absolute Gasteiger partial charge is 0.407 e. The summed E-state index contributed by atoms with van der Waals surface area (Å²) in [5.41, 5.74) is 0. The van der Waals surface area contributed by atoms with Crippen LogP contribution in [0, 0.1) is 0 Å². The van der Waals surface area contributed by atoms with Crippen LogP contribution >= 0.6 is 34.8 Å². The molecule has 0 atom stereocenters. The monoisotopic (exact) mass is 417 g/mol. The highest BCUT2D eigenvalue weighted by Gasteiger charge is 2.06. The lowest BCUT2D eigenvalue weighted by molar-refractivity contribution is 0.144. The number of alkyl carbamates (subject to hydrolysis) is 1. The van der Waals surface area contributed by atoms with Crippen molar-refractivity contribution in [3.05, 3.63) is 52.5 Å². The van der Waals surface area contributed by atoms with Crippen molar-refractivity contribution in [1.29, 1.82) is 0 Å². The molecule has 0 unspecified atom stereocenters. The van der Waals surface area contributed by atoms with Crippen LogP contribution in [-0.4, -0.2) is 31.7 Å². The lowest BCUT2D eigenvalue weighted by Gasteiger charge is -2.11. The van der Waals surface area contributed by atoms with Crippen molar-refractivity contribution in [2.24, 2.45) is 0 Å². The number of hydrogen-bond acceptors (Lipinski definition) is 4. The predicted octanol–water partition coefficient (Wildman–Crippen LogP) is 5.52. The van der Waals surface area contributed by atoms with Crippen molar-refractivity contribution < 1.29 is 19.0 Å². The van der Waals surface area contributed by atoms with Crippen LogP contribution in [0.1, 0.15) is 6.42 Å². The molecule has 0 aliphatic heterocycles. The summed E-state index contributed by atoms with van der Waals surface area (Å²) in [5.74, 6) is 2.11. The second-order valence-electron chi connectivity index (χ2n) is 5.11. The van der Waals surface area contributed by atoms with E-state index in [2.05, 4.69) is 5.32 Å². The molecule has 1 amide bonds. The van der Waals surface area contributed by atoms with Crippen molar-refractivity contribution in [2.75, 3.05) is 25.6 Å². The minimum atomic E-state index is -0.505. The van der Waals surface area contributed by atoms with Crippen LogP contribution in [0.15, 0.2) is 42.5 Å². The molecule has 2 aromatic rings. The van der Waals surface area contributed by atoms with Crippen LogP contribution in [0.3, 0.4) is 0 Å². The van der Waals surface area contributed by atoms with Crippen molar-refractivity contribution in [1.82, 2.24) is 5.32 Å². The summed E-state index contributed by atoms with van der Waals surface area (Å²) in [6, 6.07) is 12.1. The lowest BCUT2D eigenvalue weighted by atomic mass is 10.3. The normalized spacial score (nSPS) is 10.3. The van der Waals surface area contributed by atoms with Crippen LogP contribution in [0.4, 0.5) is 4.79 Å². The molecule has 0 radical (unpaired) electrons. The molecule has 5 nitrogen and oxygen atoms in total. The first-order valence-corrected chi connectivity index (χ1v) is 9.20. The first kappa shape index (κ1) is 20.5. The van der Waals surface area contributed by atoms with E-state index in [-0.39, 0.29) is 19.8 Å². The Hall–Kier alpha value is -1.82. The van der Waals surface area contributed by atoms with E-state index in [1.54, 1.807) is 42.5 Å². The molecule has 0 aliphatic rings. The summed E-state index contributed by atoms with van der Waals surface area (Å²) in [5, 5.41) is 3.55. The van der Waals surface area contributed by atoms with Gasteiger partial charge in [-0.15, -0.1) is 11.6 Å². The first-order chi connectivity index (χ1) is 12.6. The van der Waals surface area contributed by atoms with Gasteiger partial charge in [0.15, 0.2) is 0 Å². The quantitative estimate of drug-likeness (QED) is 0.430. The number of alkyl halides is 1. The van der Waals surface area contributed by atoms with E-state index < -0.39 is 6.09 Å². The molecule has 2 aromatic carbocycles. The number of amides is 1. The second kappa shape index (κ2) is 11.0. The van der Waals surface area contributed by atoms with Gasteiger partial charge in [-0.2, -0.15) is 0 Å². The minimum Gasteiger partial charge on any atom is -0.490 e. The zero-order valence-electron chi connectivity index (χ0n) is 13.8. The topological polar surface area (TPSA) is 56.8 Å². The van der Waals surface area contributed by atoms with Gasteiger partial charge in [-0.1, -0.05) is 29.3 Å². The standard InChI is InChI=1S/C18H18Cl3NO4/c19-7-2-9-25-18(23)22-8-10-24-17-6-5-15(12-16(17)21)26-14-4-1-3-13(20)11-14/h1,3-6,11-12H,2,7-10H2,(H,22,23). The van der Waals surface area contributed by atoms with E-state index in [9.17, 15) is 4.79 Å². The fourth-order valence-corrected chi connectivity index (χ4v) is 2.43. The van der Waals surface area contributed by atoms with Gasteiger partial charge >= 0.3 is 6.09 Å². The van der Waals surface area contributed by atoms with E-state index in [0.29, 0.717) is 39.6 Å². The van der Waals surface area contributed by atoms with Crippen molar-refractivity contribution >= 4 is 40.9 Å². The van der Waals surface area contributed by atoms with E-state index in [0.717, 1.165) is 0 Å². The third-order valence-electron chi connectivity index (χ3n) is 3.08. The van der Waals surface area contributed by atoms with Crippen LogP contribution in [-0.2, 0) is 4.74 Å². The largest absolute Gasteiger partial charge is 0.490 e. The highest BCUT2D eigenvalue weighted by Crippen LogP contribution is 2.31. The Morgan fingerprint density at radius 1 is 1.04 bits per heavy atom. The number of ether oxygens (including phenoxy) is 3. The van der Waals surface area contributed by atoms with Gasteiger partial charge in [-0.05, 0) is 36.8 Å². The Morgan fingerprint density at radius 3 is 2.58 bits per heavy atom. The third kappa shape index (κ3) is 7.20. The van der Waals surface area contributed by atoms with Crippen molar-refractivity contribution in [3.8, 4) is 17.2 Å².